The molecular formula is C15H18N2O3. The van der Waals surface area contributed by atoms with Gasteiger partial charge in [0.05, 0.1) is 12.0 Å². The highest BCUT2D eigenvalue weighted by Gasteiger charge is 2.34. The Morgan fingerprint density at radius 2 is 2.20 bits per heavy atom. The molecule has 0 aliphatic carbocycles. The molecule has 1 aromatic heterocycles. The van der Waals surface area contributed by atoms with Gasteiger partial charge in [-0.05, 0) is 30.4 Å². The summed E-state index contributed by atoms with van der Waals surface area (Å²) < 4.78 is 0. The third-order valence-corrected chi connectivity index (χ3v) is 4.10. The minimum Gasteiger partial charge on any atom is -0.481 e. The Balaban J connectivity index is 1.86. The lowest BCUT2D eigenvalue weighted by molar-refractivity contribution is -0.147. The third-order valence-electron chi connectivity index (χ3n) is 4.10. The molecule has 3 atom stereocenters. The summed E-state index contributed by atoms with van der Waals surface area (Å²) in [5, 5.41) is 23.3. The molecule has 5 nitrogen and oxygen atoms in total. The number of nitrogens with one attached hydrogen (secondary N) is 2. The van der Waals surface area contributed by atoms with Gasteiger partial charge < -0.3 is 20.5 Å². The number of aromatic amines is 1. The van der Waals surface area contributed by atoms with Crippen molar-refractivity contribution in [2.24, 2.45) is 5.92 Å². The van der Waals surface area contributed by atoms with Crippen LogP contribution < -0.4 is 5.32 Å². The van der Waals surface area contributed by atoms with Crippen LogP contribution in [0.1, 0.15) is 23.7 Å². The molecule has 106 valence electrons. The molecule has 2 aromatic rings. The van der Waals surface area contributed by atoms with E-state index in [9.17, 15) is 9.90 Å². The molecule has 0 radical (unpaired) electrons. The van der Waals surface area contributed by atoms with Crippen molar-refractivity contribution >= 4 is 16.9 Å². The first kappa shape index (κ1) is 13.1. The lowest BCUT2D eigenvalue weighted by Gasteiger charge is -2.31. The van der Waals surface area contributed by atoms with Gasteiger partial charge in [-0.1, -0.05) is 18.2 Å². The summed E-state index contributed by atoms with van der Waals surface area (Å²) in [7, 11) is 0. The summed E-state index contributed by atoms with van der Waals surface area (Å²) in [5.41, 5.74) is 3.27. The maximum Gasteiger partial charge on any atom is 0.310 e. The van der Waals surface area contributed by atoms with E-state index in [0.717, 1.165) is 16.6 Å². The molecule has 1 aliphatic heterocycles. The average Bonchev–Trinajstić information content (AvgIpc) is 2.83. The second-order valence-electron chi connectivity index (χ2n) is 5.47. The van der Waals surface area contributed by atoms with Crippen LogP contribution in [-0.4, -0.2) is 33.8 Å². The maximum absolute atomic E-state index is 11.0. The van der Waals surface area contributed by atoms with Gasteiger partial charge in [0.2, 0.25) is 0 Å². The fraction of sp³-hybridized carbons (Fsp3) is 0.400. The fourth-order valence-electron chi connectivity index (χ4n) is 2.90. The lowest BCUT2D eigenvalue weighted by atomic mass is 9.90. The van der Waals surface area contributed by atoms with Gasteiger partial charge in [0, 0.05) is 23.8 Å². The van der Waals surface area contributed by atoms with Gasteiger partial charge in [0.1, 0.15) is 0 Å². The number of aromatic nitrogens is 1. The van der Waals surface area contributed by atoms with Crippen molar-refractivity contribution in [3.05, 3.63) is 35.5 Å². The highest BCUT2D eigenvalue weighted by atomic mass is 16.4. The molecular weight excluding hydrogens is 256 g/mol. The number of para-hydroxylation sites is 1. The molecule has 0 amide bonds. The van der Waals surface area contributed by atoms with Crippen LogP contribution in [0.4, 0.5) is 0 Å². The zero-order valence-corrected chi connectivity index (χ0v) is 11.3. The van der Waals surface area contributed by atoms with E-state index in [0.29, 0.717) is 6.42 Å². The Labute approximate surface area is 116 Å². The van der Waals surface area contributed by atoms with Crippen LogP contribution in [-0.2, 0) is 4.79 Å². The van der Waals surface area contributed by atoms with Gasteiger partial charge in [-0.15, -0.1) is 0 Å². The minimum atomic E-state index is -0.948. The number of piperidine rings is 1. The van der Waals surface area contributed by atoms with E-state index in [1.165, 1.54) is 5.56 Å². The number of carbonyl (C=O) groups is 1. The van der Waals surface area contributed by atoms with Crippen molar-refractivity contribution < 1.29 is 15.0 Å². The molecule has 0 bridgehead atoms. The summed E-state index contributed by atoms with van der Waals surface area (Å²) in [5.74, 6) is -1.67. The number of H-pyrrole nitrogens is 1. The Morgan fingerprint density at radius 3 is 2.85 bits per heavy atom. The number of hydrogen-bond acceptors (Lipinski definition) is 3. The molecule has 3 unspecified atom stereocenters. The Kier molecular flexibility index (Phi) is 3.23. The smallest absolute Gasteiger partial charge is 0.310 e. The van der Waals surface area contributed by atoms with E-state index in [2.05, 4.69) is 16.4 Å². The van der Waals surface area contributed by atoms with Crippen LogP contribution in [0.25, 0.3) is 10.9 Å². The van der Waals surface area contributed by atoms with Crippen molar-refractivity contribution in [2.45, 2.75) is 25.5 Å². The van der Waals surface area contributed by atoms with Crippen LogP contribution in [0.5, 0.6) is 0 Å². The van der Waals surface area contributed by atoms with Crippen molar-refractivity contribution in [3.63, 3.8) is 0 Å². The number of fused-ring (bicyclic) bond motifs is 1. The minimum absolute atomic E-state index is 0.0348. The van der Waals surface area contributed by atoms with Crippen molar-refractivity contribution in [3.8, 4) is 0 Å². The van der Waals surface area contributed by atoms with Gasteiger partial charge in [0.25, 0.3) is 0 Å². The molecule has 1 saturated heterocycles. The zero-order chi connectivity index (χ0) is 14.3. The topological polar surface area (TPSA) is 85.3 Å². The van der Waals surface area contributed by atoms with Crippen molar-refractivity contribution in [1.29, 1.82) is 0 Å². The van der Waals surface area contributed by atoms with E-state index in [1.54, 1.807) is 0 Å². The van der Waals surface area contributed by atoms with Crippen LogP contribution >= 0.6 is 0 Å². The van der Waals surface area contributed by atoms with Crippen LogP contribution in [0.15, 0.2) is 24.3 Å². The number of aliphatic hydroxyl groups excluding tert-OH is 1. The number of carboxylic acid groups (broad SMARTS) is 1. The summed E-state index contributed by atoms with van der Waals surface area (Å²) in [6.45, 7) is 2.34. The molecule has 20 heavy (non-hydrogen) atoms. The molecule has 3 rings (SSSR count). The highest BCUT2D eigenvalue weighted by molar-refractivity contribution is 5.83. The third kappa shape index (κ3) is 2.19. The molecule has 1 fully saturated rings. The second kappa shape index (κ2) is 4.92. The van der Waals surface area contributed by atoms with E-state index in [-0.39, 0.29) is 12.6 Å². The predicted molar refractivity (Wildman–Crippen MR) is 75.5 cm³/mol. The number of aryl methyl sites for hydroxylation is 1. The Bertz CT molecular complexity index is 650. The number of benzene rings is 1. The first-order valence-electron chi connectivity index (χ1n) is 6.78. The summed E-state index contributed by atoms with van der Waals surface area (Å²) >= 11 is 0. The molecule has 2 heterocycles. The standard InChI is InChI=1S/C15H18N2O3/c1-8-3-2-4-9-5-12(17-14(8)9)11-6-13(18)10(7-16-11)15(19)20/h2-5,10-11,13,16-18H,6-7H2,1H3,(H,19,20). The largest absolute Gasteiger partial charge is 0.481 e. The van der Waals surface area contributed by atoms with Gasteiger partial charge in [0.15, 0.2) is 0 Å². The van der Waals surface area contributed by atoms with E-state index in [1.807, 2.05) is 25.1 Å². The molecule has 0 spiro atoms. The van der Waals surface area contributed by atoms with Crippen LogP contribution in [0.2, 0.25) is 0 Å². The van der Waals surface area contributed by atoms with E-state index < -0.39 is 18.0 Å². The average molecular weight is 274 g/mol. The normalized spacial score (nSPS) is 26.8. The van der Waals surface area contributed by atoms with Crippen LogP contribution in [0.3, 0.4) is 0 Å². The lowest BCUT2D eigenvalue weighted by Crippen LogP contribution is -2.45. The first-order chi connectivity index (χ1) is 9.56. The van der Waals surface area contributed by atoms with Gasteiger partial charge in [-0.25, -0.2) is 0 Å². The number of aliphatic carboxylic acids is 1. The predicted octanol–water partition coefficient (Wildman–Crippen LogP) is 1.57. The molecule has 0 saturated carbocycles. The fourth-order valence-corrected chi connectivity index (χ4v) is 2.90. The maximum atomic E-state index is 11.0. The number of carboxylic acids is 1. The summed E-state index contributed by atoms with van der Waals surface area (Å²) in [6.07, 6.45) is -0.408. The summed E-state index contributed by atoms with van der Waals surface area (Å²) in [4.78, 5) is 14.4. The first-order valence-corrected chi connectivity index (χ1v) is 6.78. The monoisotopic (exact) mass is 274 g/mol. The van der Waals surface area contributed by atoms with Crippen molar-refractivity contribution in [1.82, 2.24) is 10.3 Å². The SMILES string of the molecule is Cc1cccc2cc(C3CC(O)C(C(=O)O)CN3)[nH]c12. The molecule has 1 aromatic carbocycles. The molecule has 4 N–H and O–H groups in total. The number of hydrogen-bond donors (Lipinski definition) is 4. The quantitative estimate of drug-likeness (QED) is 0.669. The number of rotatable bonds is 2. The van der Waals surface area contributed by atoms with Gasteiger partial charge >= 0.3 is 5.97 Å². The highest BCUT2D eigenvalue weighted by Crippen LogP contribution is 2.29. The van der Waals surface area contributed by atoms with Gasteiger partial charge in [-0.2, -0.15) is 0 Å². The molecule has 5 heteroatoms. The number of aliphatic hydroxyl groups is 1. The molecule has 1 aliphatic rings. The Morgan fingerprint density at radius 1 is 1.40 bits per heavy atom. The van der Waals surface area contributed by atoms with Gasteiger partial charge in [-0.3, -0.25) is 4.79 Å². The zero-order valence-electron chi connectivity index (χ0n) is 11.3. The summed E-state index contributed by atoms with van der Waals surface area (Å²) in [6, 6.07) is 8.13. The van der Waals surface area contributed by atoms with E-state index >= 15 is 0 Å². The van der Waals surface area contributed by atoms with E-state index in [4.69, 9.17) is 5.11 Å². The van der Waals surface area contributed by atoms with Crippen LogP contribution in [0, 0.1) is 12.8 Å². The van der Waals surface area contributed by atoms with Crippen molar-refractivity contribution in [2.75, 3.05) is 6.54 Å². The second-order valence-corrected chi connectivity index (χ2v) is 5.47. The Hall–Kier alpha value is -1.85.